The minimum atomic E-state index is -5.86. The summed E-state index contributed by atoms with van der Waals surface area (Å²) in [5.41, 5.74) is 5.54. The van der Waals surface area contributed by atoms with Crippen LogP contribution in [-0.4, -0.2) is 30.1 Å². The molecule has 0 atom stereocenters. The van der Waals surface area contributed by atoms with E-state index in [-0.39, 0.29) is 6.04 Å². The lowest BCUT2D eigenvalue weighted by atomic mass is 9.91. The van der Waals surface area contributed by atoms with Crippen molar-refractivity contribution in [1.29, 1.82) is 0 Å². The zero-order valence-electron chi connectivity index (χ0n) is 8.86. The van der Waals surface area contributed by atoms with Crippen LogP contribution in [0.1, 0.15) is 25.7 Å². The number of nitrogens with one attached hydrogen (secondary N) is 1. The first kappa shape index (κ1) is 14.1. The Balaban J connectivity index is 2.55. The van der Waals surface area contributed by atoms with Gasteiger partial charge < -0.3 is 11.1 Å². The molecule has 17 heavy (non-hydrogen) atoms. The summed E-state index contributed by atoms with van der Waals surface area (Å²) in [6.07, 6.45) is -4.21. The average Bonchev–Trinajstić information content (AvgIpc) is 2.19. The molecule has 3 nitrogen and oxygen atoms in total. The molecule has 1 amide bonds. The lowest BCUT2D eigenvalue weighted by Crippen LogP contribution is -2.53. The number of amides is 1. The summed E-state index contributed by atoms with van der Waals surface area (Å²) in [6, 6.07) is -0.734. The predicted octanol–water partition coefficient (Wildman–Crippen LogP) is 1.57. The second-order valence-electron chi connectivity index (χ2n) is 4.16. The summed E-state index contributed by atoms with van der Waals surface area (Å²) < 4.78 is 60.8. The van der Waals surface area contributed by atoms with Crippen molar-refractivity contribution in [3.05, 3.63) is 0 Å². The quantitative estimate of drug-likeness (QED) is 0.740. The third-order valence-electron chi connectivity index (χ3n) is 2.75. The number of rotatable bonds is 2. The van der Waals surface area contributed by atoms with Gasteiger partial charge in [0.2, 0.25) is 0 Å². The molecule has 0 bridgehead atoms. The fraction of sp³-hybridized carbons (Fsp3) is 0.889. The van der Waals surface area contributed by atoms with Crippen LogP contribution in [-0.2, 0) is 4.79 Å². The van der Waals surface area contributed by atoms with E-state index in [4.69, 9.17) is 5.73 Å². The summed E-state index contributed by atoms with van der Waals surface area (Å²) in [7, 11) is 0. The zero-order valence-corrected chi connectivity index (χ0v) is 8.86. The van der Waals surface area contributed by atoms with Gasteiger partial charge in [-0.3, -0.25) is 4.79 Å². The minimum Gasteiger partial charge on any atom is -0.348 e. The average molecular weight is 260 g/mol. The lowest BCUT2D eigenvalue weighted by molar-refractivity contribution is -0.270. The number of halogens is 5. The number of alkyl halides is 5. The van der Waals surface area contributed by atoms with Crippen LogP contribution in [0.25, 0.3) is 0 Å². The van der Waals surface area contributed by atoms with Crippen LogP contribution in [0.4, 0.5) is 22.0 Å². The Morgan fingerprint density at radius 1 is 1.06 bits per heavy atom. The van der Waals surface area contributed by atoms with Crippen LogP contribution >= 0.6 is 0 Å². The first-order valence-corrected chi connectivity index (χ1v) is 5.15. The van der Waals surface area contributed by atoms with Crippen LogP contribution in [0.15, 0.2) is 0 Å². The van der Waals surface area contributed by atoms with Gasteiger partial charge in [0.05, 0.1) is 0 Å². The molecule has 8 heteroatoms. The highest BCUT2D eigenvalue weighted by Gasteiger charge is 2.63. The van der Waals surface area contributed by atoms with Crippen molar-refractivity contribution in [2.45, 2.75) is 49.9 Å². The van der Waals surface area contributed by atoms with Crippen LogP contribution in [0.5, 0.6) is 0 Å². The first-order valence-electron chi connectivity index (χ1n) is 5.15. The lowest BCUT2D eigenvalue weighted by Gasteiger charge is -2.28. The smallest absolute Gasteiger partial charge is 0.348 e. The molecule has 0 aromatic carbocycles. The maximum atomic E-state index is 12.6. The van der Waals surface area contributed by atoms with E-state index in [0.29, 0.717) is 25.7 Å². The molecule has 0 aromatic heterocycles. The van der Waals surface area contributed by atoms with Gasteiger partial charge in [-0.15, -0.1) is 0 Å². The Bertz CT molecular complexity index is 284. The van der Waals surface area contributed by atoms with Gasteiger partial charge in [-0.25, -0.2) is 0 Å². The number of carbonyl (C=O) groups is 1. The van der Waals surface area contributed by atoms with E-state index >= 15 is 0 Å². The van der Waals surface area contributed by atoms with Crippen LogP contribution in [0.2, 0.25) is 0 Å². The van der Waals surface area contributed by atoms with Crippen molar-refractivity contribution in [2.75, 3.05) is 0 Å². The monoisotopic (exact) mass is 260 g/mol. The maximum Gasteiger partial charge on any atom is 0.463 e. The fourth-order valence-electron chi connectivity index (χ4n) is 1.67. The first-order chi connectivity index (χ1) is 7.64. The molecule has 100 valence electrons. The number of nitrogens with two attached hydrogens (primary N) is 1. The Hall–Kier alpha value is -0.920. The number of hydrogen-bond acceptors (Lipinski definition) is 2. The Morgan fingerprint density at radius 2 is 1.53 bits per heavy atom. The molecule has 1 saturated carbocycles. The summed E-state index contributed by atoms with van der Waals surface area (Å²) >= 11 is 0. The van der Waals surface area contributed by atoms with Crippen molar-refractivity contribution < 1.29 is 26.7 Å². The van der Waals surface area contributed by atoms with E-state index in [1.54, 1.807) is 5.32 Å². The van der Waals surface area contributed by atoms with E-state index in [2.05, 4.69) is 0 Å². The molecule has 0 radical (unpaired) electrons. The van der Waals surface area contributed by atoms with Gasteiger partial charge in [0.1, 0.15) is 0 Å². The molecule has 0 saturated heterocycles. The second kappa shape index (κ2) is 4.75. The van der Waals surface area contributed by atoms with Crippen LogP contribution < -0.4 is 11.1 Å². The van der Waals surface area contributed by atoms with Crippen LogP contribution in [0, 0.1) is 0 Å². The number of hydrogen-bond donors (Lipinski definition) is 2. The van der Waals surface area contributed by atoms with Gasteiger partial charge in [-0.2, -0.15) is 22.0 Å². The molecular formula is C9H13F5N2O. The topological polar surface area (TPSA) is 55.1 Å². The van der Waals surface area contributed by atoms with Gasteiger partial charge in [0.25, 0.3) is 0 Å². The molecule has 1 fully saturated rings. The summed E-state index contributed by atoms with van der Waals surface area (Å²) in [5, 5.41) is 1.72. The molecule has 3 N–H and O–H groups in total. The molecule has 0 spiro atoms. The van der Waals surface area contributed by atoms with Gasteiger partial charge in [-0.05, 0) is 25.7 Å². The maximum absolute atomic E-state index is 12.6. The van der Waals surface area contributed by atoms with Crippen molar-refractivity contribution in [1.82, 2.24) is 5.32 Å². The van der Waals surface area contributed by atoms with E-state index in [0.717, 1.165) is 0 Å². The Labute approximate surface area is 94.5 Å². The van der Waals surface area contributed by atoms with E-state index < -0.39 is 24.0 Å². The molecule has 1 rings (SSSR count). The molecule has 1 aliphatic rings. The van der Waals surface area contributed by atoms with Gasteiger partial charge in [0.15, 0.2) is 0 Å². The largest absolute Gasteiger partial charge is 0.463 e. The molecule has 0 unspecified atom stereocenters. The standard InChI is InChI=1S/C9H13F5N2O/c10-8(11,9(12,13)14)7(17)16-6-3-1-5(15)2-4-6/h5-6H,1-4,15H2,(H,16,17). The van der Waals surface area contributed by atoms with Gasteiger partial charge in [-0.1, -0.05) is 0 Å². The highest BCUT2D eigenvalue weighted by molar-refractivity contribution is 5.84. The molecular weight excluding hydrogens is 247 g/mol. The van der Waals surface area contributed by atoms with E-state index in [1.807, 2.05) is 0 Å². The normalized spacial score (nSPS) is 26.7. The third-order valence-corrected chi connectivity index (χ3v) is 2.75. The number of carbonyl (C=O) groups excluding carboxylic acids is 1. The SMILES string of the molecule is NC1CCC(NC(=O)C(F)(F)C(F)(F)F)CC1. The highest BCUT2D eigenvalue weighted by atomic mass is 19.4. The molecule has 1 aliphatic carbocycles. The predicted molar refractivity (Wildman–Crippen MR) is 49.4 cm³/mol. The van der Waals surface area contributed by atoms with Gasteiger partial charge in [0, 0.05) is 12.1 Å². The van der Waals surface area contributed by atoms with Crippen molar-refractivity contribution in [3.63, 3.8) is 0 Å². The minimum absolute atomic E-state index is 0.0775. The fourth-order valence-corrected chi connectivity index (χ4v) is 1.67. The van der Waals surface area contributed by atoms with Gasteiger partial charge >= 0.3 is 18.0 Å². The highest BCUT2D eigenvalue weighted by Crippen LogP contribution is 2.35. The van der Waals surface area contributed by atoms with Crippen molar-refractivity contribution >= 4 is 5.91 Å². The summed E-state index contributed by atoms with van der Waals surface area (Å²) in [6.45, 7) is 0. The van der Waals surface area contributed by atoms with E-state index in [9.17, 15) is 26.7 Å². The van der Waals surface area contributed by atoms with E-state index in [1.165, 1.54) is 0 Å². The second-order valence-corrected chi connectivity index (χ2v) is 4.16. The van der Waals surface area contributed by atoms with Crippen molar-refractivity contribution in [3.8, 4) is 0 Å². The third kappa shape index (κ3) is 3.27. The summed E-state index contributed by atoms with van der Waals surface area (Å²) in [4.78, 5) is 10.8. The molecule has 0 aliphatic heterocycles. The Morgan fingerprint density at radius 3 is 1.94 bits per heavy atom. The van der Waals surface area contributed by atoms with Crippen LogP contribution in [0.3, 0.4) is 0 Å². The molecule has 0 aromatic rings. The molecule has 0 heterocycles. The Kier molecular flexibility index (Phi) is 3.95. The summed E-state index contributed by atoms with van der Waals surface area (Å²) in [5.74, 6) is -7.63. The van der Waals surface area contributed by atoms with Crippen molar-refractivity contribution in [2.24, 2.45) is 5.73 Å². The zero-order chi connectivity index (χ0) is 13.3.